The van der Waals surface area contributed by atoms with Crippen molar-refractivity contribution in [1.29, 1.82) is 0 Å². The van der Waals surface area contributed by atoms with Gasteiger partial charge in [-0.25, -0.2) is 21.6 Å². The zero-order valence-electron chi connectivity index (χ0n) is 15.6. The maximum Gasteiger partial charge on any atom is 0.208 e. The number of nitrogens with two attached hydrogens (primary N) is 1. The van der Waals surface area contributed by atoms with Crippen molar-refractivity contribution in [3.05, 3.63) is 20.8 Å². The lowest BCUT2D eigenvalue weighted by molar-refractivity contribution is 0.393. The smallest absolute Gasteiger partial charge is 0.208 e. The first kappa shape index (κ1) is 21.6. The molecule has 1 spiro atoms. The van der Waals surface area contributed by atoms with Crippen molar-refractivity contribution < 1.29 is 16.8 Å². The second-order valence-corrected chi connectivity index (χ2v) is 13.0. The molecule has 1 aromatic rings. The summed E-state index contributed by atoms with van der Waals surface area (Å²) in [5.41, 5.74) is 5.08. The summed E-state index contributed by atoms with van der Waals surface area (Å²) in [5.74, 6) is 5.87. The Balaban J connectivity index is 1.83. The molecule has 0 radical (unpaired) electrons. The second-order valence-electron chi connectivity index (χ2n) is 7.38. The topological polar surface area (TPSA) is 119 Å². The fourth-order valence-corrected chi connectivity index (χ4v) is 8.07. The molecule has 3 rings (SSSR count). The molecule has 1 aliphatic carbocycles. The molecule has 1 aliphatic heterocycles. The van der Waals surface area contributed by atoms with Gasteiger partial charge in [0.1, 0.15) is 16.1 Å². The van der Waals surface area contributed by atoms with Crippen molar-refractivity contribution in [2.24, 2.45) is 10.7 Å². The average molecular weight is 464 g/mol. The first-order valence-corrected chi connectivity index (χ1v) is 13.4. The quantitative estimate of drug-likeness (QED) is 0.519. The molecule has 2 aliphatic rings. The van der Waals surface area contributed by atoms with Gasteiger partial charge in [-0.15, -0.1) is 11.3 Å². The van der Waals surface area contributed by atoms with Crippen molar-refractivity contribution >= 4 is 48.6 Å². The van der Waals surface area contributed by atoms with E-state index in [1.807, 2.05) is 0 Å². The molecule has 0 amide bonds. The number of nitrogens with zero attached hydrogens (tertiary/aromatic N) is 1. The van der Waals surface area contributed by atoms with E-state index in [0.29, 0.717) is 34.0 Å². The molecule has 154 valence electrons. The summed E-state index contributed by atoms with van der Waals surface area (Å²) in [4.78, 5) is 5.86. The van der Waals surface area contributed by atoms with Gasteiger partial charge in [0, 0.05) is 13.0 Å². The van der Waals surface area contributed by atoms with Crippen LogP contribution in [0.2, 0.25) is 5.02 Å². The highest BCUT2D eigenvalue weighted by Crippen LogP contribution is 2.49. The number of sulfonamides is 1. The third kappa shape index (κ3) is 3.96. The molecule has 1 saturated carbocycles. The van der Waals surface area contributed by atoms with Gasteiger partial charge in [0.05, 0.1) is 26.8 Å². The van der Waals surface area contributed by atoms with E-state index in [-0.39, 0.29) is 18.1 Å². The molecule has 11 heteroatoms. The Morgan fingerprint density at radius 1 is 1.43 bits per heavy atom. The molecule has 1 fully saturated rings. The molecule has 0 saturated heterocycles. The number of aliphatic imine (C=N–C) groups is 1. The minimum atomic E-state index is -3.45. The lowest BCUT2D eigenvalue weighted by Crippen LogP contribution is -2.61. The first-order chi connectivity index (χ1) is 12.9. The van der Waals surface area contributed by atoms with Crippen LogP contribution in [0.1, 0.15) is 42.4 Å². The Hall–Kier alpha value is -1.12. The molecular formula is C17H22ClN3O4S3. The fourth-order valence-electron chi connectivity index (χ4n) is 3.49. The van der Waals surface area contributed by atoms with Crippen LogP contribution in [-0.4, -0.2) is 46.0 Å². The van der Waals surface area contributed by atoms with Gasteiger partial charge in [0.15, 0.2) is 9.84 Å². The summed E-state index contributed by atoms with van der Waals surface area (Å²) in [5, 5.41) is 0.405. The third-order valence-electron chi connectivity index (χ3n) is 5.06. The van der Waals surface area contributed by atoms with Gasteiger partial charge in [0.2, 0.25) is 10.0 Å². The van der Waals surface area contributed by atoms with Gasteiger partial charge in [-0.1, -0.05) is 23.4 Å². The zero-order valence-corrected chi connectivity index (χ0v) is 18.8. The predicted molar refractivity (Wildman–Crippen MR) is 113 cm³/mol. The maximum absolute atomic E-state index is 12.9. The molecule has 0 aromatic carbocycles. The Morgan fingerprint density at radius 3 is 2.64 bits per heavy atom. The number of thiophene rings is 1. The second kappa shape index (κ2) is 7.29. The van der Waals surface area contributed by atoms with Gasteiger partial charge in [-0.05, 0) is 32.3 Å². The lowest BCUT2D eigenvalue weighted by atomic mass is 9.82. The fraction of sp³-hybridized carbons (Fsp3) is 0.588. The van der Waals surface area contributed by atoms with E-state index in [2.05, 4.69) is 21.6 Å². The highest BCUT2D eigenvalue weighted by Gasteiger charge is 2.58. The Kier molecular flexibility index (Phi) is 5.62. The van der Waals surface area contributed by atoms with Crippen molar-refractivity contribution in [2.75, 3.05) is 18.6 Å². The molecule has 3 N–H and O–H groups in total. The number of hydrogen-bond acceptors (Lipinski definition) is 7. The van der Waals surface area contributed by atoms with Crippen LogP contribution in [0.3, 0.4) is 0 Å². The Bertz CT molecular complexity index is 1090. The van der Waals surface area contributed by atoms with Crippen LogP contribution in [0.4, 0.5) is 0 Å². The lowest BCUT2D eigenvalue weighted by Gasteiger charge is -2.46. The Morgan fingerprint density at radius 2 is 2.11 bits per heavy atom. The van der Waals surface area contributed by atoms with Crippen LogP contribution < -0.4 is 10.5 Å². The average Bonchev–Trinajstić information content (AvgIpc) is 2.84. The number of sulfone groups is 1. The molecule has 2 heterocycles. The van der Waals surface area contributed by atoms with Crippen molar-refractivity contribution in [2.45, 2.75) is 42.9 Å². The van der Waals surface area contributed by atoms with E-state index in [9.17, 15) is 16.8 Å². The van der Waals surface area contributed by atoms with Gasteiger partial charge in [-0.2, -0.15) is 0 Å². The number of amidine groups is 1. The van der Waals surface area contributed by atoms with Crippen molar-refractivity contribution in [1.82, 2.24) is 4.72 Å². The number of halogens is 1. The minimum absolute atomic E-state index is 0.133. The minimum Gasteiger partial charge on any atom is -0.386 e. The normalized spacial score (nSPS) is 25.5. The van der Waals surface area contributed by atoms with Crippen LogP contribution in [0, 0.1) is 11.8 Å². The van der Waals surface area contributed by atoms with Crippen LogP contribution in [0.5, 0.6) is 0 Å². The van der Waals surface area contributed by atoms with E-state index in [1.165, 1.54) is 11.3 Å². The third-order valence-corrected chi connectivity index (χ3v) is 10.3. The molecule has 28 heavy (non-hydrogen) atoms. The van der Waals surface area contributed by atoms with Crippen LogP contribution >= 0.6 is 22.9 Å². The molecule has 0 unspecified atom stereocenters. The molecule has 1 atom stereocenters. The standard InChI is InChI=1S/C17H22ClN3O4S3/c1-16(11-28(24,25)17(7-5-8-17)15(19)21-16)14-13(18)10-12(26-14)6-3-4-9-20-27(2,22)23/h10,20H,4-5,7-9,11H2,1-2H3,(H2,19,21)/t16-/m0/s1. The SMILES string of the molecule is C[C@@]1(c2sc(C#CCCNS(C)(=O)=O)cc2Cl)CS(=O)(=O)C2(CCC2)C(N)=N1. The molecule has 1 aromatic heterocycles. The van der Waals surface area contributed by atoms with Gasteiger partial charge >= 0.3 is 0 Å². The summed E-state index contributed by atoms with van der Waals surface area (Å²) in [7, 11) is -6.68. The van der Waals surface area contributed by atoms with Crippen molar-refractivity contribution in [3.63, 3.8) is 0 Å². The summed E-state index contributed by atoms with van der Waals surface area (Å²) in [6.45, 7) is 1.95. The summed E-state index contributed by atoms with van der Waals surface area (Å²) < 4.78 is 49.3. The Labute approximate surface area is 174 Å². The highest BCUT2D eigenvalue weighted by atomic mass is 35.5. The molecular weight excluding hydrogens is 442 g/mol. The van der Waals surface area contributed by atoms with E-state index in [1.54, 1.807) is 13.0 Å². The van der Waals surface area contributed by atoms with Crippen LogP contribution in [-0.2, 0) is 25.4 Å². The number of nitrogens with one attached hydrogen (secondary N) is 1. The van der Waals surface area contributed by atoms with E-state index < -0.39 is 30.1 Å². The monoisotopic (exact) mass is 463 g/mol. The number of rotatable bonds is 4. The van der Waals surface area contributed by atoms with E-state index in [0.717, 1.165) is 12.7 Å². The largest absolute Gasteiger partial charge is 0.386 e. The van der Waals surface area contributed by atoms with Gasteiger partial charge in [0.25, 0.3) is 0 Å². The summed E-state index contributed by atoms with van der Waals surface area (Å²) in [6, 6.07) is 1.68. The first-order valence-electron chi connectivity index (χ1n) is 8.70. The maximum atomic E-state index is 12.9. The molecule has 0 bridgehead atoms. The summed E-state index contributed by atoms with van der Waals surface area (Å²) in [6.07, 6.45) is 3.32. The van der Waals surface area contributed by atoms with Crippen LogP contribution in [0.25, 0.3) is 0 Å². The van der Waals surface area contributed by atoms with E-state index in [4.69, 9.17) is 17.3 Å². The van der Waals surface area contributed by atoms with Crippen LogP contribution in [0.15, 0.2) is 11.1 Å². The van der Waals surface area contributed by atoms with Crippen molar-refractivity contribution in [3.8, 4) is 11.8 Å². The summed E-state index contributed by atoms with van der Waals surface area (Å²) >= 11 is 7.66. The van der Waals surface area contributed by atoms with Gasteiger partial charge < -0.3 is 5.73 Å². The highest BCUT2D eigenvalue weighted by molar-refractivity contribution is 7.93. The predicted octanol–water partition coefficient (Wildman–Crippen LogP) is 1.62. The van der Waals surface area contributed by atoms with Gasteiger partial charge in [-0.3, -0.25) is 4.99 Å². The zero-order chi connectivity index (χ0) is 20.8. The van der Waals surface area contributed by atoms with E-state index >= 15 is 0 Å². The molecule has 7 nitrogen and oxygen atoms in total. The number of hydrogen-bond donors (Lipinski definition) is 2.